The lowest BCUT2D eigenvalue weighted by molar-refractivity contribution is -0.121. The quantitative estimate of drug-likeness (QED) is 0.712. The van der Waals surface area contributed by atoms with Gasteiger partial charge >= 0.3 is 0 Å². The van der Waals surface area contributed by atoms with Crippen LogP contribution in [0.15, 0.2) is 67.0 Å². The molecule has 150 valence electrons. The molecule has 3 heterocycles. The van der Waals surface area contributed by atoms with E-state index < -0.39 is 6.17 Å². The van der Waals surface area contributed by atoms with Crippen LogP contribution in [0.3, 0.4) is 0 Å². The van der Waals surface area contributed by atoms with Gasteiger partial charge in [0.05, 0.1) is 11.7 Å². The summed E-state index contributed by atoms with van der Waals surface area (Å²) in [4.78, 5) is 32.0. The molecule has 2 unspecified atom stereocenters. The fourth-order valence-corrected chi connectivity index (χ4v) is 4.41. The first-order valence-corrected chi connectivity index (χ1v) is 10.1. The summed E-state index contributed by atoms with van der Waals surface area (Å²) in [5.41, 5.74) is 5.92. The average molecular weight is 398 g/mol. The molecule has 6 heteroatoms. The molecule has 3 aromatic rings. The number of aryl methyl sites for hydroxylation is 1. The number of carbonyl (C=O) groups is 2. The van der Waals surface area contributed by atoms with Crippen molar-refractivity contribution < 1.29 is 9.59 Å². The third-order valence-corrected chi connectivity index (χ3v) is 5.75. The van der Waals surface area contributed by atoms with Crippen molar-refractivity contribution in [3.05, 3.63) is 94.8 Å². The van der Waals surface area contributed by atoms with Crippen molar-refractivity contribution in [3.63, 3.8) is 0 Å². The molecular weight excluding hydrogens is 376 g/mol. The van der Waals surface area contributed by atoms with Gasteiger partial charge in [-0.05, 0) is 42.2 Å². The maximum atomic E-state index is 13.4. The molecule has 0 bridgehead atoms. The number of nitrogens with zero attached hydrogens (tertiary/aromatic N) is 2. The lowest BCUT2D eigenvalue weighted by Crippen LogP contribution is -2.55. The van der Waals surface area contributed by atoms with E-state index in [1.54, 1.807) is 24.5 Å². The minimum atomic E-state index is -0.838. The number of rotatable bonds is 3. The Kier molecular flexibility index (Phi) is 4.56. The number of pyridine rings is 1. The number of hydrogen-bond donors (Lipinski definition) is 2. The first-order chi connectivity index (χ1) is 14.6. The topological polar surface area (TPSA) is 74.3 Å². The van der Waals surface area contributed by atoms with Crippen molar-refractivity contribution >= 4 is 17.5 Å². The minimum Gasteiger partial charge on any atom is -0.328 e. The standard InChI is InChI=1S/C24H22N4O2/c1-15-13-18-9-12-28-21(18)19(14-15)20(16-5-3-2-4-6-16)26-22(24(28)30)27-23(29)17-7-10-25-11-8-17/h2-8,10-11,13-14,20,22,26H,9,12H2,1H3,(H,27,29). The van der Waals surface area contributed by atoms with E-state index in [2.05, 4.69) is 34.7 Å². The van der Waals surface area contributed by atoms with E-state index in [-0.39, 0.29) is 17.9 Å². The first kappa shape index (κ1) is 18.5. The zero-order valence-corrected chi connectivity index (χ0v) is 16.6. The molecule has 2 aliphatic rings. The lowest BCUT2D eigenvalue weighted by Gasteiger charge is -2.24. The summed E-state index contributed by atoms with van der Waals surface area (Å²) in [5, 5.41) is 6.31. The molecule has 0 aliphatic carbocycles. The van der Waals surface area contributed by atoms with Crippen molar-refractivity contribution in [2.75, 3.05) is 11.4 Å². The van der Waals surface area contributed by atoms with Crippen LogP contribution in [-0.2, 0) is 11.2 Å². The van der Waals surface area contributed by atoms with Crippen molar-refractivity contribution in [3.8, 4) is 0 Å². The van der Waals surface area contributed by atoms with E-state index in [4.69, 9.17) is 0 Å². The highest BCUT2D eigenvalue weighted by molar-refractivity contribution is 6.04. The average Bonchev–Trinajstić information content (AvgIpc) is 3.16. The molecule has 2 aliphatic heterocycles. The molecule has 0 saturated heterocycles. The summed E-state index contributed by atoms with van der Waals surface area (Å²) in [7, 11) is 0. The van der Waals surface area contributed by atoms with E-state index in [0.717, 1.165) is 23.2 Å². The van der Waals surface area contributed by atoms with Crippen LogP contribution >= 0.6 is 0 Å². The second kappa shape index (κ2) is 7.39. The summed E-state index contributed by atoms with van der Waals surface area (Å²) in [6.45, 7) is 2.70. The Bertz CT molecular complexity index is 1110. The summed E-state index contributed by atoms with van der Waals surface area (Å²) >= 11 is 0. The maximum absolute atomic E-state index is 13.4. The molecule has 6 nitrogen and oxygen atoms in total. The fraction of sp³-hybridized carbons (Fsp3) is 0.208. The Balaban J connectivity index is 1.58. The smallest absolute Gasteiger partial charge is 0.264 e. The van der Waals surface area contributed by atoms with E-state index in [1.807, 2.05) is 35.2 Å². The first-order valence-electron chi connectivity index (χ1n) is 10.1. The van der Waals surface area contributed by atoms with Gasteiger partial charge in [-0.1, -0.05) is 48.0 Å². The van der Waals surface area contributed by atoms with Gasteiger partial charge in [0.2, 0.25) is 0 Å². The Morgan fingerprint density at radius 1 is 1.13 bits per heavy atom. The molecule has 0 radical (unpaired) electrons. The predicted octanol–water partition coefficient (Wildman–Crippen LogP) is 2.73. The number of nitrogens with one attached hydrogen (secondary N) is 2. The Hall–Kier alpha value is -3.51. The molecule has 0 fully saturated rings. The lowest BCUT2D eigenvalue weighted by atomic mass is 9.93. The second-order valence-electron chi connectivity index (χ2n) is 7.75. The Morgan fingerprint density at radius 2 is 1.90 bits per heavy atom. The van der Waals surface area contributed by atoms with Crippen LogP contribution in [0.2, 0.25) is 0 Å². The van der Waals surface area contributed by atoms with Crippen LogP contribution in [0, 0.1) is 6.92 Å². The van der Waals surface area contributed by atoms with Crippen molar-refractivity contribution in [2.45, 2.75) is 25.6 Å². The third kappa shape index (κ3) is 3.15. The number of amides is 2. The van der Waals surface area contributed by atoms with E-state index in [0.29, 0.717) is 12.1 Å². The highest BCUT2D eigenvalue weighted by Gasteiger charge is 2.39. The SMILES string of the molecule is Cc1cc2c3c(c1)C(c1ccccc1)NC(NC(=O)c1ccncc1)C(=O)N3CC2. The second-order valence-corrected chi connectivity index (χ2v) is 7.75. The van der Waals surface area contributed by atoms with Crippen LogP contribution in [0.1, 0.15) is 38.7 Å². The molecule has 2 aromatic carbocycles. The largest absolute Gasteiger partial charge is 0.328 e. The normalized spacial score (nSPS) is 19.9. The molecule has 0 spiro atoms. The molecule has 5 rings (SSSR count). The molecule has 1 aromatic heterocycles. The molecule has 2 atom stereocenters. The van der Waals surface area contributed by atoms with Crippen molar-refractivity contribution in [2.24, 2.45) is 0 Å². The molecular formula is C24H22N4O2. The van der Waals surface area contributed by atoms with Crippen molar-refractivity contribution in [1.82, 2.24) is 15.6 Å². The number of aromatic nitrogens is 1. The number of anilines is 1. The Labute approximate surface area is 174 Å². The highest BCUT2D eigenvalue weighted by Crippen LogP contribution is 2.40. The van der Waals surface area contributed by atoms with Gasteiger partial charge in [-0.3, -0.25) is 19.9 Å². The van der Waals surface area contributed by atoms with Crippen LogP contribution in [0.25, 0.3) is 0 Å². The third-order valence-electron chi connectivity index (χ3n) is 5.75. The molecule has 0 saturated carbocycles. The summed E-state index contributed by atoms with van der Waals surface area (Å²) in [5.74, 6) is -0.448. The molecule has 30 heavy (non-hydrogen) atoms. The van der Waals surface area contributed by atoms with E-state index >= 15 is 0 Å². The van der Waals surface area contributed by atoms with Crippen molar-refractivity contribution in [1.29, 1.82) is 0 Å². The van der Waals surface area contributed by atoms with Gasteiger partial charge < -0.3 is 10.2 Å². The van der Waals surface area contributed by atoms with Crippen LogP contribution in [0.4, 0.5) is 5.69 Å². The van der Waals surface area contributed by atoms with Gasteiger partial charge in [0.1, 0.15) is 0 Å². The van der Waals surface area contributed by atoms with Gasteiger partial charge in [0.25, 0.3) is 11.8 Å². The fourth-order valence-electron chi connectivity index (χ4n) is 4.41. The summed E-state index contributed by atoms with van der Waals surface area (Å²) in [6.07, 6.45) is 3.11. The number of benzene rings is 2. The highest BCUT2D eigenvalue weighted by atomic mass is 16.2. The zero-order valence-electron chi connectivity index (χ0n) is 16.6. The zero-order chi connectivity index (χ0) is 20.7. The Morgan fingerprint density at radius 3 is 2.67 bits per heavy atom. The van der Waals surface area contributed by atoms with Gasteiger partial charge in [0, 0.05) is 24.5 Å². The number of carbonyl (C=O) groups excluding carboxylic acids is 2. The van der Waals surface area contributed by atoms with Crippen LogP contribution in [0.5, 0.6) is 0 Å². The summed E-state index contributed by atoms with van der Waals surface area (Å²) < 4.78 is 0. The van der Waals surface area contributed by atoms with Crippen LogP contribution < -0.4 is 15.5 Å². The number of hydrogen-bond acceptors (Lipinski definition) is 4. The van der Waals surface area contributed by atoms with Gasteiger partial charge in [-0.15, -0.1) is 0 Å². The van der Waals surface area contributed by atoms with Gasteiger partial charge in [0.15, 0.2) is 6.17 Å². The van der Waals surface area contributed by atoms with Crippen LogP contribution in [-0.4, -0.2) is 29.5 Å². The van der Waals surface area contributed by atoms with E-state index in [9.17, 15) is 9.59 Å². The minimum absolute atomic E-state index is 0.139. The maximum Gasteiger partial charge on any atom is 0.264 e. The van der Waals surface area contributed by atoms with E-state index in [1.165, 1.54) is 11.1 Å². The van der Waals surface area contributed by atoms with Gasteiger partial charge in [-0.2, -0.15) is 0 Å². The molecule has 2 N–H and O–H groups in total. The predicted molar refractivity (Wildman–Crippen MR) is 114 cm³/mol. The monoisotopic (exact) mass is 398 g/mol. The molecule has 2 amide bonds. The summed E-state index contributed by atoms with van der Waals surface area (Å²) in [6, 6.07) is 17.4. The van der Waals surface area contributed by atoms with Gasteiger partial charge in [-0.25, -0.2) is 0 Å².